The molecule has 2 atom stereocenters. The third kappa shape index (κ3) is 8.70. The summed E-state index contributed by atoms with van der Waals surface area (Å²) < 4.78 is 0. The van der Waals surface area contributed by atoms with Crippen LogP contribution in [0, 0.1) is 0 Å². The van der Waals surface area contributed by atoms with Crippen LogP contribution >= 0.6 is 0 Å². The molecule has 2 aromatic carbocycles. The Morgan fingerprint density at radius 1 is 0.710 bits per heavy atom. The number of carbonyl (C=O) groups is 2. The third-order valence-corrected chi connectivity index (χ3v) is 5.04. The molecule has 0 heterocycles. The number of carboxylic acid groups (broad SMARTS) is 2. The van der Waals surface area contributed by atoms with E-state index in [-0.39, 0.29) is 0 Å². The number of hydrogen-bond acceptors (Lipinski definition) is 4. The summed E-state index contributed by atoms with van der Waals surface area (Å²) in [6.07, 6.45) is 3.01. The van der Waals surface area contributed by atoms with Gasteiger partial charge < -0.3 is 20.0 Å². The van der Waals surface area contributed by atoms with E-state index in [0.717, 1.165) is 43.7 Å². The Morgan fingerprint density at radius 2 is 1.10 bits per heavy atom. The van der Waals surface area contributed by atoms with Crippen LogP contribution in [0.1, 0.15) is 47.0 Å². The van der Waals surface area contributed by atoms with E-state index in [9.17, 15) is 9.59 Å². The molecule has 0 fully saturated rings. The minimum Gasteiger partial charge on any atom is -0.480 e. The van der Waals surface area contributed by atoms with Gasteiger partial charge in [-0.25, -0.2) is 9.59 Å². The average molecular weight is 429 g/mol. The maximum atomic E-state index is 11.0. The fourth-order valence-corrected chi connectivity index (χ4v) is 3.17. The van der Waals surface area contributed by atoms with Gasteiger partial charge in [0.2, 0.25) is 0 Å². The fourth-order valence-electron chi connectivity index (χ4n) is 3.17. The first-order valence-corrected chi connectivity index (χ1v) is 10.9. The van der Waals surface area contributed by atoms with Gasteiger partial charge in [0.15, 0.2) is 0 Å². The minimum atomic E-state index is -0.785. The van der Waals surface area contributed by atoms with E-state index in [1.807, 2.05) is 77.4 Å². The van der Waals surface area contributed by atoms with Crippen LogP contribution in [-0.4, -0.2) is 47.3 Å². The van der Waals surface area contributed by atoms with E-state index in [4.69, 9.17) is 10.2 Å². The van der Waals surface area contributed by atoms with Gasteiger partial charge in [0.25, 0.3) is 0 Å². The van der Waals surface area contributed by atoms with Gasteiger partial charge in [-0.1, -0.05) is 56.7 Å². The SMILES string of the molecule is CCCCN(c1ccccc1)[C@@H](C)C(=O)O.CCCN(c1ccccc1)[C@@H](C)C(=O)O. The molecule has 0 amide bonds. The van der Waals surface area contributed by atoms with Crippen LogP contribution in [0.5, 0.6) is 0 Å². The Morgan fingerprint density at radius 3 is 1.42 bits per heavy atom. The van der Waals surface area contributed by atoms with E-state index in [1.165, 1.54) is 0 Å². The van der Waals surface area contributed by atoms with E-state index >= 15 is 0 Å². The second kappa shape index (κ2) is 14.1. The summed E-state index contributed by atoms with van der Waals surface area (Å²) in [6, 6.07) is 18.4. The zero-order valence-electron chi connectivity index (χ0n) is 19.1. The van der Waals surface area contributed by atoms with Crippen molar-refractivity contribution in [3.05, 3.63) is 60.7 Å². The number of unbranched alkanes of at least 4 members (excludes halogenated alkanes) is 1. The number of aliphatic carboxylic acids is 2. The molecule has 0 saturated heterocycles. The van der Waals surface area contributed by atoms with Crippen molar-refractivity contribution in [1.82, 2.24) is 0 Å². The molecule has 0 radical (unpaired) electrons. The number of carboxylic acids is 2. The molecule has 0 saturated carbocycles. The van der Waals surface area contributed by atoms with E-state index in [2.05, 4.69) is 6.92 Å². The van der Waals surface area contributed by atoms with E-state index < -0.39 is 24.0 Å². The summed E-state index contributed by atoms with van der Waals surface area (Å²) in [5.41, 5.74) is 1.94. The van der Waals surface area contributed by atoms with Gasteiger partial charge in [0.1, 0.15) is 12.1 Å². The smallest absolute Gasteiger partial charge is 0.326 e. The van der Waals surface area contributed by atoms with Crippen LogP contribution in [0.2, 0.25) is 0 Å². The van der Waals surface area contributed by atoms with Crippen LogP contribution in [0.4, 0.5) is 11.4 Å². The summed E-state index contributed by atoms with van der Waals surface area (Å²) in [4.78, 5) is 25.8. The summed E-state index contributed by atoms with van der Waals surface area (Å²) >= 11 is 0. The van der Waals surface area contributed by atoms with Gasteiger partial charge in [-0.2, -0.15) is 0 Å². The monoisotopic (exact) mass is 428 g/mol. The fraction of sp³-hybridized carbons (Fsp3) is 0.440. The van der Waals surface area contributed by atoms with Crippen molar-refractivity contribution >= 4 is 23.3 Å². The number of anilines is 2. The average Bonchev–Trinajstić information content (AvgIpc) is 2.78. The van der Waals surface area contributed by atoms with Crippen molar-refractivity contribution in [1.29, 1.82) is 0 Å². The summed E-state index contributed by atoms with van der Waals surface area (Å²) in [7, 11) is 0. The maximum absolute atomic E-state index is 11.0. The van der Waals surface area contributed by atoms with Gasteiger partial charge >= 0.3 is 11.9 Å². The molecule has 6 heteroatoms. The second-order valence-electron chi connectivity index (χ2n) is 7.44. The summed E-state index contributed by atoms with van der Waals surface area (Å²) in [5.74, 6) is -1.56. The Balaban J connectivity index is 0.000000311. The predicted octanol–water partition coefficient (Wildman–Crippen LogP) is 5.14. The Hall–Kier alpha value is -3.02. The molecule has 0 aromatic heterocycles. The molecule has 6 nitrogen and oxygen atoms in total. The van der Waals surface area contributed by atoms with Gasteiger partial charge in [-0.05, 0) is 51.0 Å². The Bertz CT molecular complexity index is 768. The molecule has 2 N–H and O–H groups in total. The van der Waals surface area contributed by atoms with Crippen molar-refractivity contribution in [2.75, 3.05) is 22.9 Å². The highest BCUT2D eigenvalue weighted by atomic mass is 16.4. The minimum absolute atomic E-state index is 0.478. The lowest BCUT2D eigenvalue weighted by molar-refractivity contribution is -0.139. The number of rotatable bonds is 11. The van der Waals surface area contributed by atoms with Crippen LogP contribution in [0.15, 0.2) is 60.7 Å². The third-order valence-electron chi connectivity index (χ3n) is 5.04. The molecule has 0 spiro atoms. The maximum Gasteiger partial charge on any atom is 0.326 e. The highest BCUT2D eigenvalue weighted by molar-refractivity contribution is 5.78. The highest BCUT2D eigenvalue weighted by Gasteiger charge is 2.20. The highest BCUT2D eigenvalue weighted by Crippen LogP contribution is 2.18. The Labute approximate surface area is 186 Å². The van der Waals surface area contributed by atoms with Gasteiger partial charge in [0, 0.05) is 24.5 Å². The zero-order valence-corrected chi connectivity index (χ0v) is 19.1. The topological polar surface area (TPSA) is 81.1 Å². The molecule has 31 heavy (non-hydrogen) atoms. The molecule has 0 bridgehead atoms. The molecule has 0 aliphatic rings. The van der Waals surface area contributed by atoms with Crippen molar-refractivity contribution < 1.29 is 19.8 Å². The number of para-hydroxylation sites is 2. The normalized spacial score (nSPS) is 12.1. The molecule has 0 unspecified atom stereocenters. The first-order chi connectivity index (χ1) is 14.8. The lowest BCUT2D eigenvalue weighted by atomic mass is 10.2. The van der Waals surface area contributed by atoms with Crippen LogP contribution in [0.25, 0.3) is 0 Å². The number of benzene rings is 2. The van der Waals surface area contributed by atoms with Gasteiger partial charge in [-0.15, -0.1) is 0 Å². The van der Waals surface area contributed by atoms with Crippen molar-refractivity contribution in [3.8, 4) is 0 Å². The lowest BCUT2D eigenvalue weighted by Crippen LogP contribution is -2.39. The predicted molar refractivity (Wildman–Crippen MR) is 127 cm³/mol. The van der Waals surface area contributed by atoms with Crippen molar-refractivity contribution in [3.63, 3.8) is 0 Å². The lowest BCUT2D eigenvalue weighted by Gasteiger charge is -2.28. The number of nitrogens with zero attached hydrogens (tertiary/aromatic N) is 2. The van der Waals surface area contributed by atoms with E-state index in [0.29, 0.717) is 0 Å². The number of hydrogen-bond donors (Lipinski definition) is 2. The molecule has 0 aliphatic heterocycles. The largest absolute Gasteiger partial charge is 0.480 e. The standard InChI is InChI=1S/C13H19NO2.C12H17NO2/c1-3-4-10-14(11(2)13(15)16)12-8-6-5-7-9-12;1-3-9-13(10(2)12(14)15)11-7-5-4-6-8-11/h5-9,11H,3-4,10H2,1-2H3,(H,15,16);4-8,10H,3,9H2,1-2H3,(H,14,15)/t11-;10-/m00/s1. The molecule has 0 aliphatic carbocycles. The summed E-state index contributed by atoms with van der Waals surface area (Å²) in [5, 5.41) is 18.1. The first-order valence-electron chi connectivity index (χ1n) is 10.9. The first kappa shape index (κ1) is 26.0. The zero-order chi connectivity index (χ0) is 23.2. The Kier molecular flexibility index (Phi) is 11.8. The molecular weight excluding hydrogens is 392 g/mol. The quantitative estimate of drug-likeness (QED) is 0.516. The molecule has 2 aromatic rings. The molecular formula is C25H36N2O4. The van der Waals surface area contributed by atoms with Crippen LogP contribution in [0.3, 0.4) is 0 Å². The summed E-state index contributed by atoms with van der Waals surface area (Å²) in [6.45, 7) is 9.14. The van der Waals surface area contributed by atoms with Crippen molar-refractivity contribution in [2.45, 2.75) is 59.0 Å². The van der Waals surface area contributed by atoms with Gasteiger partial charge in [-0.3, -0.25) is 0 Å². The van der Waals surface area contributed by atoms with Crippen molar-refractivity contribution in [2.24, 2.45) is 0 Å². The van der Waals surface area contributed by atoms with E-state index in [1.54, 1.807) is 13.8 Å². The van der Waals surface area contributed by atoms with Crippen LogP contribution < -0.4 is 9.80 Å². The molecule has 170 valence electrons. The van der Waals surface area contributed by atoms with Crippen LogP contribution in [-0.2, 0) is 9.59 Å². The second-order valence-corrected chi connectivity index (χ2v) is 7.44. The molecule has 2 rings (SSSR count). The van der Waals surface area contributed by atoms with Gasteiger partial charge in [0.05, 0.1) is 0 Å².